The van der Waals surface area contributed by atoms with Crippen LogP contribution in [0.5, 0.6) is 0 Å². The molecule has 0 spiro atoms. The minimum absolute atomic E-state index is 0.0776. The lowest BCUT2D eigenvalue weighted by Gasteiger charge is -2.35. The van der Waals surface area contributed by atoms with Crippen molar-refractivity contribution in [1.29, 1.82) is 0 Å². The molecule has 7 nitrogen and oxygen atoms in total. The molecule has 0 unspecified atom stereocenters. The fourth-order valence-electron chi connectivity index (χ4n) is 2.81. The van der Waals surface area contributed by atoms with Crippen LogP contribution in [0.1, 0.15) is 36.9 Å². The largest absolute Gasteiger partial charge is 0.370 e. The molecule has 0 saturated carbocycles. The molecule has 3 amide bonds. The molecule has 2 rings (SSSR count). The highest BCUT2D eigenvalue weighted by Crippen LogP contribution is 2.19. The molecule has 1 atom stereocenters. The predicted octanol–water partition coefficient (Wildman–Crippen LogP) is 0.668. The van der Waals surface area contributed by atoms with Gasteiger partial charge in [-0.1, -0.05) is 0 Å². The maximum absolute atomic E-state index is 12.3. The molecule has 0 radical (unpaired) electrons. The first-order chi connectivity index (χ1) is 9.97. The van der Waals surface area contributed by atoms with E-state index in [1.807, 2.05) is 20.2 Å². The number of rotatable bonds is 4. The van der Waals surface area contributed by atoms with Gasteiger partial charge in [0.2, 0.25) is 5.91 Å². The monoisotopic (exact) mass is 293 g/mol. The summed E-state index contributed by atoms with van der Waals surface area (Å²) in [4.78, 5) is 25.2. The van der Waals surface area contributed by atoms with Gasteiger partial charge in [-0.15, -0.1) is 0 Å². The number of hydrogen-bond donors (Lipinski definition) is 2. The number of carbonyl (C=O) groups excluding carboxylic acids is 2. The van der Waals surface area contributed by atoms with E-state index in [0.717, 1.165) is 30.5 Å². The summed E-state index contributed by atoms with van der Waals surface area (Å²) in [6.45, 7) is 3.03. The van der Waals surface area contributed by atoms with Crippen molar-refractivity contribution in [1.82, 2.24) is 20.0 Å². The maximum atomic E-state index is 12.3. The lowest BCUT2D eigenvalue weighted by molar-refractivity contribution is -0.119. The summed E-state index contributed by atoms with van der Waals surface area (Å²) < 4.78 is 1.73. The number of likely N-dealkylation sites (tertiary alicyclic amines) is 1. The summed E-state index contributed by atoms with van der Waals surface area (Å²) in [5, 5.41) is 7.15. The molecule has 21 heavy (non-hydrogen) atoms. The fourth-order valence-corrected chi connectivity index (χ4v) is 2.81. The van der Waals surface area contributed by atoms with Crippen LogP contribution in [-0.2, 0) is 18.4 Å². The molecule has 1 fully saturated rings. The second kappa shape index (κ2) is 6.60. The number of urea groups is 1. The zero-order valence-corrected chi connectivity index (χ0v) is 12.6. The third-order valence-electron chi connectivity index (χ3n) is 3.87. The summed E-state index contributed by atoms with van der Waals surface area (Å²) in [6, 6.07) is -0.213. The van der Waals surface area contributed by atoms with E-state index in [4.69, 9.17) is 5.73 Å². The highest BCUT2D eigenvalue weighted by atomic mass is 16.2. The van der Waals surface area contributed by atoms with Crippen molar-refractivity contribution in [3.63, 3.8) is 0 Å². The van der Waals surface area contributed by atoms with Gasteiger partial charge in [0.15, 0.2) is 0 Å². The second-order valence-corrected chi connectivity index (χ2v) is 5.59. The van der Waals surface area contributed by atoms with E-state index in [0.29, 0.717) is 13.1 Å². The molecule has 3 N–H and O–H groups in total. The zero-order valence-electron chi connectivity index (χ0n) is 12.6. The summed E-state index contributed by atoms with van der Waals surface area (Å²) in [6.07, 6.45) is 4.96. The number of amides is 3. The van der Waals surface area contributed by atoms with Crippen LogP contribution in [0.4, 0.5) is 4.79 Å². The number of nitrogens with one attached hydrogen (secondary N) is 1. The van der Waals surface area contributed by atoms with Crippen molar-refractivity contribution >= 4 is 11.9 Å². The Balaban J connectivity index is 1.94. The van der Waals surface area contributed by atoms with Crippen LogP contribution < -0.4 is 11.1 Å². The molecule has 0 bridgehead atoms. The van der Waals surface area contributed by atoms with Gasteiger partial charge in [0.1, 0.15) is 0 Å². The first-order valence-electron chi connectivity index (χ1n) is 7.29. The Morgan fingerprint density at radius 3 is 2.86 bits per heavy atom. The Hall–Kier alpha value is -2.05. The maximum Gasteiger partial charge on any atom is 0.317 e. The van der Waals surface area contributed by atoms with E-state index in [1.54, 1.807) is 9.58 Å². The van der Waals surface area contributed by atoms with Crippen molar-refractivity contribution in [3.05, 3.63) is 17.5 Å². The summed E-state index contributed by atoms with van der Waals surface area (Å²) >= 11 is 0. The van der Waals surface area contributed by atoms with E-state index in [9.17, 15) is 9.59 Å². The Morgan fingerprint density at radius 2 is 2.24 bits per heavy atom. The van der Waals surface area contributed by atoms with Gasteiger partial charge < -0.3 is 16.0 Å². The van der Waals surface area contributed by atoms with Crippen molar-refractivity contribution in [3.8, 4) is 0 Å². The van der Waals surface area contributed by atoms with E-state index in [1.165, 1.54) is 0 Å². The number of piperidine rings is 1. The predicted molar refractivity (Wildman–Crippen MR) is 78.3 cm³/mol. The molecule has 2 heterocycles. The van der Waals surface area contributed by atoms with Crippen LogP contribution in [-0.4, -0.2) is 39.2 Å². The van der Waals surface area contributed by atoms with Crippen LogP contribution in [0, 0.1) is 6.92 Å². The molecule has 1 aliphatic rings. The van der Waals surface area contributed by atoms with Gasteiger partial charge in [0, 0.05) is 44.4 Å². The van der Waals surface area contributed by atoms with Crippen LogP contribution in [0.25, 0.3) is 0 Å². The van der Waals surface area contributed by atoms with Gasteiger partial charge >= 0.3 is 6.03 Å². The van der Waals surface area contributed by atoms with Crippen molar-refractivity contribution < 1.29 is 9.59 Å². The molecule has 0 aliphatic carbocycles. The fraction of sp³-hybridized carbons (Fsp3) is 0.643. The van der Waals surface area contributed by atoms with Gasteiger partial charge in [-0.3, -0.25) is 9.48 Å². The number of nitrogens with zero attached hydrogens (tertiary/aromatic N) is 3. The highest BCUT2D eigenvalue weighted by molar-refractivity contribution is 5.78. The lowest BCUT2D eigenvalue weighted by atomic mass is 9.99. The van der Waals surface area contributed by atoms with E-state index < -0.39 is 0 Å². The Kier molecular flexibility index (Phi) is 4.82. The molecule has 1 aromatic heterocycles. The number of hydrogen-bond acceptors (Lipinski definition) is 3. The second-order valence-electron chi connectivity index (χ2n) is 5.59. The molecular weight excluding hydrogens is 270 g/mol. The molecule has 1 saturated heterocycles. The molecule has 0 aromatic carbocycles. The zero-order chi connectivity index (χ0) is 15.4. The van der Waals surface area contributed by atoms with Crippen LogP contribution in [0.15, 0.2) is 6.20 Å². The average Bonchev–Trinajstić information content (AvgIpc) is 2.74. The SMILES string of the molecule is Cc1nn(C)cc1CNC(=O)N1CCCC[C@@H]1CC(N)=O. The number of nitrogens with two attached hydrogens (primary N) is 1. The third-order valence-corrected chi connectivity index (χ3v) is 3.87. The van der Waals surface area contributed by atoms with E-state index in [2.05, 4.69) is 10.4 Å². The quantitative estimate of drug-likeness (QED) is 0.854. The molecule has 1 aromatic rings. The minimum atomic E-state index is -0.359. The van der Waals surface area contributed by atoms with Gasteiger partial charge in [-0.25, -0.2) is 4.79 Å². The van der Waals surface area contributed by atoms with Crippen LogP contribution >= 0.6 is 0 Å². The Morgan fingerprint density at radius 1 is 1.48 bits per heavy atom. The molecule has 116 valence electrons. The van der Waals surface area contributed by atoms with E-state index >= 15 is 0 Å². The number of aryl methyl sites for hydroxylation is 2. The lowest BCUT2D eigenvalue weighted by Crippen LogP contribution is -2.49. The smallest absolute Gasteiger partial charge is 0.317 e. The molecular formula is C14H23N5O2. The normalized spacial score (nSPS) is 18.6. The summed E-state index contributed by atoms with van der Waals surface area (Å²) in [7, 11) is 1.85. The van der Waals surface area contributed by atoms with Crippen molar-refractivity contribution in [2.45, 2.75) is 45.2 Å². The molecule has 7 heteroatoms. The standard InChI is InChI=1S/C14H23N5O2/c1-10-11(9-18(2)17-10)8-16-14(21)19-6-4-3-5-12(19)7-13(15)20/h9,12H,3-8H2,1-2H3,(H2,15,20)(H,16,21)/t12-/m1/s1. The van der Waals surface area contributed by atoms with Crippen molar-refractivity contribution in [2.24, 2.45) is 12.8 Å². The Labute approximate surface area is 124 Å². The average molecular weight is 293 g/mol. The summed E-state index contributed by atoms with van der Waals surface area (Å²) in [5.41, 5.74) is 7.17. The van der Waals surface area contributed by atoms with Gasteiger partial charge in [0.05, 0.1) is 5.69 Å². The number of primary amides is 1. The first kappa shape index (κ1) is 15.3. The number of aromatic nitrogens is 2. The highest BCUT2D eigenvalue weighted by Gasteiger charge is 2.27. The third kappa shape index (κ3) is 3.96. The molecule has 1 aliphatic heterocycles. The topological polar surface area (TPSA) is 93.2 Å². The first-order valence-corrected chi connectivity index (χ1v) is 7.29. The van der Waals surface area contributed by atoms with Gasteiger partial charge in [0.25, 0.3) is 0 Å². The van der Waals surface area contributed by atoms with E-state index in [-0.39, 0.29) is 24.4 Å². The minimum Gasteiger partial charge on any atom is -0.370 e. The van der Waals surface area contributed by atoms with Gasteiger partial charge in [-0.05, 0) is 26.2 Å². The van der Waals surface area contributed by atoms with Gasteiger partial charge in [-0.2, -0.15) is 5.10 Å². The summed E-state index contributed by atoms with van der Waals surface area (Å²) in [5.74, 6) is -0.359. The Bertz CT molecular complexity index is 525. The van der Waals surface area contributed by atoms with Crippen LogP contribution in [0.3, 0.4) is 0 Å². The van der Waals surface area contributed by atoms with Crippen LogP contribution in [0.2, 0.25) is 0 Å². The van der Waals surface area contributed by atoms with Crippen molar-refractivity contribution in [2.75, 3.05) is 6.54 Å². The number of carbonyl (C=O) groups is 2.